The van der Waals surface area contributed by atoms with Crippen LogP contribution in [0.4, 0.5) is 0 Å². The second kappa shape index (κ2) is 4.66. The normalized spacial score (nSPS) is 35.2. The van der Waals surface area contributed by atoms with E-state index in [1.165, 1.54) is 39.0 Å². The van der Waals surface area contributed by atoms with Crippen LogP contribution in [0.3, 0.4) is 0 Å². The van der Waals surface area contributed by atoms with E-state index in [1.54, 1.807) is 0 Å². The average molecular weight is 224 g/mol. The molecule has 2 saturated heterocycles. The molecule has 16 heavy (non-hydrogen) atoms. The summed E-state index contributed by atoms with van der Waals surface area (Å²) in [4.78, 5) is 2.75. The molecule has 0 bridgehead atoms. The van der Waals surface area contributed by atoms with Crippen LogP contribution in [0.15, 0.2) is 0 Å². The predicted molar refractivity (Wildman–Crippen MR) is 69.6 cm³/mol. The van der Waals surface area contributed by atoms with E-state index in [-0.39, 0.29) is 0 Å². The third-order valence-corrected chi connectivity index (χ3v) is 4.83. The molecule has 3 unspecified atom stereocenters. The van der Waals surface area contributed by atoms with Gasteiger partial charge in [0.05, 0.1) is 0 Å². The van der Waals surface area contributed by atoms with Crippen molar-refractivity contribution < 1.29 is 0 Å². The molecule has 0 amide bonds. The number of hydrogen-bond acceptors (Lipinski definition) is 2. The van der Waals surface area contributed by atoms with Gasteiger partial charge in [0, 0.05) is 25.2 Å². The van der Waals surface area contributed by atoms with Crippen LogP contribution in [0.2, 0.25) is 0 Å². The zero-order valence-electron chi connectivity index (χ0n) is 11.4. The minimum atomic E-state index is 0.413. The van der Waals surface area contributed by atoms with E-state index in [0.717, 1.165) is 17.8 Å². The number of nitrogens with one attached hydrogen (secondary N) is 1. The first-order valence-corrected chi connectivity index (χ1v) is 7.01. The van der Waals surface area contributed by atoms with Gasteiger partial charge in [-0.2, -0.15) is 0 Å². The third kappa shape index (κ3) is 2.14. The van der Waals surface area contributed by atoms with Gasteiger partial charge >= 0.3 is 0 Å². The summed E-state index contributed by atoms with van der Waals surface area (Å²) in [6.45, 7) is 14.7. The molecule has 0 aliphatic carbocycles. The summed E-state index contributed by atoms with van der Waals surface area (Å²) in [5, 5.41) is 3.55. The molecule has 94 valence electrons. The van der Waals surface area contributed by atoms with Gasteiger partial charge in [0.25, 0.3) is 0 Å². The monoisotopic (exact) mass is 224 g/mol. The quantitative estimate of drug-likeness (QED) is 0.788. The molecular weight excluding hydrogens is 196 g/mol. The summed E-state index contributed by atoms with van der Waals surface area (Å²) in [7, 11) is 0. The lowest BCUT2D eigenvalue weighted by atomic mass is 9.84. The fourth-order valence-corrected chi connectivity index (χ4v) is 3.77. The fraction of sp³-hybridized carbons (Fsp3) is 1.00. The van der Waals surface area contributed by atoms with E-state index in [0.29, 0.717) is 5.54 Å². The van der Waals surface area contributed by atoms with Crippen LogP contribution in [0.25, 0.3) is 0 Å². The topological polar surface area (TPSA) is 15.3 Å². The van der Waals surface area contributed by atoms with Gasteiger partial charge in [-0.05, 0) is 44.6 Å². The Hall–Kier alpha value is -0.0800. The van der Waals surface area contributed by atoms with Crippen molar-refractivity contribution in [3.8, 4) is 0 Å². The van der Waals surface area contributed by atoms with Gasteiger partial charge in [0.15, 0.2) is 0 Å². The first-order valence-electron chi connectivity index (χ1n) is 7.01. The molecule has 0 saturated carbocycles. The van der Waals surface area contributed by atoms with Crippen LogP contribution >= 0.6 is 0 Å². The number of fused-ring (bicyclic) bond motifs is 1. The van der Waals surface area contributed by atoms with Crippen LogP contribution in [-0.4, -0.2) is 36.6 Å². The van der Waals surface area contributed by atoms with E-state index in [4.69, 9.17) is 0 Å². The molecule has 2 nitrogen and oxygen atoms in total. The average Bonchev–Trinajstić information content (AvgIpc) is 2.72. The lowest BCUT2D eigenvalue weighted by molar-refractivity contribution is 0.119. The molecule has 0 aromatic heterocycles. The highest BCUT2D eigenvalue weighted by Gasteiger charge is 2.49. The Kier molecular flexibility index (Phi) is 3.60. The van der Waals surface area contributed by atoms with Crippen molar-refractivity contribution in [2.24, 2.45) is 17.8 Å². The summed E-state index contributed by atoms with van der Waals surface area (Å²) >= 11 is 0. The molecule has 1 N–H and O–H groups in total. The maximum Gasteiger partial charge on any atom is 0.0197 e. The zero-order chi connectivity index (χ0) is 11.8. The molecule has 0 spiro atoms. The molecule has 0 aromatic rings. The van der Waals surface area contributed by atoms with Gasteiger partial charge in [0.1, 0.15) is 0 Å². The van der Waals surface area contributed by atoms with Crippen LogP contribution in [0.5, 0.6) is 0 Å². The minimum Gasteiger partial charge on any atom is -0.316 e. The van der Waals surface area contributed by atoms with Crippen molar-refractivity contribution in [3.05, 3.63) is 0 Å². The van der Waals surface area contributed by atoms with Gasteiger partial charge < -0.3 is 5.32 Å². The Morgan fingerprint density at radius 1 is 1.38 bits per heavy atom. The van der Waals surface area contributed by atoms with Crippen molar-refractivity contribution in [2.45, 2.75) is 46.1 Å². The standard InChI is InChI=1S/C14H28N2/c1-5-6-11(2)9-16-10-12-7-15-8-13(12)14(16,3)4/h11-13,15H,5-10H2,1-4H3. The maximum absolute atomic E-state index is 3.55. The Bertz CT molecular complexity index is 237. The fourth-order valence-electron chi connectivity index (χ4n) is 3.77. The summed E-state index contributed by atoms with van der Waals surface area (Å²) in [6, 6.07) is 0. The van der Waals surface area contributed by atoms with E-state index in [9.17, 15) is 0 Å². The van der Waals surface area contributed by atoms with Crippen LogP contribution in [0, 0.1) is 17.8 Å². The van der Waals surface area contributed by atoms with Crippen LogP contribution in [-0.2, 0) is 0 Å². The predicted octanol–water partition coefficient (Wildman–Crippen LogP) is 2.35. The van der Waals surface area contributed by atoms with Crippen LogP contribution < -0.4 is 5.32 Å². The largest absolute Gasteiger partial charge is 0.316 e. The van der Waals surface area contributed by atoms with Crippen molar-refractivity contribution in [3.63, 3.8) is 0 Å². The highest BCUT2D eigenvalue weighted by molar-refractivity contribution is 5.04. The minimum absolute atomic E-state index is 0.413. The van der Waals surface area contributed by atoms with Gasteiger partial charge in [-0.1, -0.05) is 20.3 Å². The molecule has 2 fully saturated rings. The van der Waals surface area contributed by atoms with E-state index < -0.39 is 0 Å². The molecule has 2 aliphatic rings. The summed E-state index contributed by atoms with van der Waals surface area (Å²) in [5.74, 6) is 2.64. The Morgan fingerprint density at radius 3 is 2.75 bits per heavy atom. The molecule has 2 aliphatic heterocycles. The second-order valence-electron chi connectivity index (χ2n) is 6.48. The Morgan fingerprint density at radius 2 is 2.12 bits per heavy atom. The maximum atomic E-state index is 3.55. The van der Waals surface area contributed by atoms with E-state index in [2.05, 4.69) is 37.9 Å². The molecule has 2 rings (SSSR count). The Balaban J connectivity index is 1.96. The van der Waals surface area contributed by atoms with Crippen molar-refractivity contribution in [1.29, 1.82) is 0 Å². The molecule has 2 heteroatoms. The number of hydrogen-bond donors (Lipinski definition) is 1. The van der Waals surface area contributed by atoms with Crippen LogP contribution in [0.1, 0.15) is 40.5 Å². The van der Waals surface area contributed by atoms with Gasteiger partial charge in [-0.3, -0.25) is 4.90 Å². The van der Waals surface area contributed by atoms with Gasteiger partial charge in [0.2, 0.25) is 0 Å². The first kappa shape index (κ1) is 12.4. The van der Waals surface area contributed by atoms with E-state index >= 15 is 0 Å². The SMILES string of the molecule is CCCC(C)CN1CC2CNCC2C1(C)C. The van der Waals surface area contributed by atoms with E-state index in [1.807, 2.05) is 0 Å². The molecular formula is C14H28N2. The second-order valence-corrected chi connectivity index (χ2v) is 6.48. The van der Waals surface area contributed by atoms with Gasteiger partial charge in [-0.15, -0.1) is 0 Å². The first-order chi connectivity index (χ1) is 7.55. The van der Waals surface area contributed by atoms with Crippen molar-refractivity contribution >= 4 is 0 Å². The molecule has 0 aromatic carbocycles. The zero-order valence-corrected chi connectivity index (χ0v) is 11.4. The lowest BCUT2D eigenvalue weighted by Crippen LogP contribution is -2.46. The highest BCUT2D eigenvalue weighted by atomic mass is 15.2. The molecule has 2 heterocycles. The Labute approximate surface area is 101 Å². The number of likely N-dealkylation sites (tertiary alicyclic amines) is 1. The smallest absolute Gasteiger partial charge is 0.0197 e. The number of rotatable bonds is 4. The van der Waals surface area contributed by atoms with Crippen molar-refractivity contribution in [2.75, 3.05) is 26.2 Å². The molecule has 3 atom stereocenters. The lowest BCUT2D eigenvalue weighted by Gasteiger charge is -2.37. The third-order valence-electron chi connectivity index (χ3n) is 4.83. The summed E-state index contributed by atoms with van der Waals surface area (Å²) < 4.78 is 0. The summed E-state index contributed by atoms with van der Waals surface area (Å²) in [5.41, 5.74) is 0.413. The molecule has 0 radical (unpaired) electrons. The highest BCUT2D eigenvalue weighted by Crippen LogP contribution is 2.40. The number of nitrogens with zero attached hydrogens (tertiary/aromatic N) is 1. The summed E-state index contributed by atoms with van der Waals surface area (Å²) in [6.07, 6.45) is 2.70. The van der Waals surface area contributed by atoms with Gasteiger partial charge in [-0.25, -0.2) is 0 Å². The van der Waals surface area contributed by atoms with Crippen molar-refractivity contribution in [1.82, 2.24) is 10.2 Å².